The van der Waals surface area contributed by atoms with Gasteiger partial charge in [-0.2, -0.15) is 0 Å². The second kappa shape index (κ2) is 8.17. The lowest BCUT2D eigenvalue weighted by Crippen LogP contribution is -2.15. The van der Waals surface area contributed by atoms with Crippen LogP contribution in [0, 0.1) is 6.92 Å². The molecule has 0 heterocycles. The fourth-order valence-corrected chi connectivity index (χ4v) is 7.68. The largest absolute Gasteiger partial charge is 0.0622 e. The van der Waals surface area contributed by atoms with Crippen LogP contribution in [0.3, 0.4) is 0 Å². The van der Waals surface area contributed by atoms with Crippen LogP contribution < -0.4 is 0 Å². The second-order valence-corrected chi connectivity index (χ2v) is 12.2. The standard InChI is InChI=1S/C39H32/c1-24-19-29-17-18-30-21-31(23-35-38(30)37(29)34(20-24)39(35,2)3)25-13-15-26(16-14-25)33-22-28-11-7-8-12-32(28)36(33)27-9-5-4-6-10-27/h4-21,23,33,36H,22H2,1-3H3. The van der Waals surface area contributed by atoms with Gasteiger partial charge in [0.1, 0.15) is 0 Å². The lowest BCUT2D eigenvalue weighted by Gasteiger charge is -2.23. The fourth-order valence-electron chi connectivity index (χ4n) is 7.68. The molecule has 6 aromatic rings. The predicted octanol–water partition coefficient (Wildman–Crippen LogP) is 10.1. The van der Waals surface area contributed by atoms with E-state index in [0.717, 1.165) is 6.42 Å². The van der Waals surface area contributed by atoms with E-state index in [1.807, 2.05) is 0 Å². The summed E-state index contributed by atoms with van der Waals surface area (Å²) in [5.74, 6) is 0.859. The first-order valence-electron chi connectivity index (χ1n) is 14.2. The molecule has 2 aliphatic rings. The minimum atomic E-state index is 0.000681. The van der Waals surface area contributed by atoms with E-state index < -0.39 is 0 Å². The van der Waals surface area contributed by atoms with Crippen molar-refractivity contribution in [3.8, 4) is 11.1 Å². The van der Waals surface area contributed by atoms with Crippen LogP contribution in [0.15, 0.2) is 115 Å². The number of fused-ring (bicyclic) bond motifs is 1. The Kier molecular flexibility index (Phi) is 4.77. The fraction of sp³-hybridized carbons (Fsp3) is 0.179. The van der Waals surface area contributed by atoms with Gasteiger partial charge in [-0.25, -0.2) is 0 Å². The van der Waals surface area contributed by atoms with Crippen molar-refractivity contribution in [3.05, 3.63) is 154 Å². The number of hydrogen-bond acceptors (Lipinski definition) is 0. The highest BCUT2D eigenvalue weighted by atomic mass is 14.4. The Morgan fingerprint density at radius 1 is 0.590 bits per heavy atom. The predicted molar refractivity (Wildman–Crippen MR) is 165 cm³/mol. The molecule has 0 spiro atoms. The van der Waals surface area contributed by atoms with Gasteiger partial charge >= 0.3 is 0 Å². The Bertz CT molecular complexity index is 1900. The van der Waals surface area contributed by atoms with Gasteiger partial charge in [0.05, 0.1) is 0 Å². The number of hydrogen-bond donors (Lipinski definition) is 0. The molecule has 0 aliphatic heterocycles. The lowest BCUT2D eigenvalue weighted by atomic mass is 9.80. The maximum atomic E-state index is 2.46. The molecule has 2 aliphatic carbocycles. The zero-order valence-electron chi connectivity index (χ0n) is 22.8. The Morgan fingerprint density at radius 2 is 1.26 bits per heavy atom. The molecular weight excluding hydrogens is 468 g/mol. The zero-order chi connectivity index (χ0) is 26.3. The van der Waals surface area contributed by atoms with Crippen LogP contribution in [0.2, 0.25) is 0 Å². The third kappa shape index (κ3) is 3.31. The lowest BCUT2D eigenvalue weighted by molar-refractivity contribution is 0.657. The molecule has 188 valence electrons. The first-order valence-corrected chi connectivity index (χ1v) is 14.2. The van der Waals surface area contributed by atoms with Gasteiger partial charge < -0.3 is 0 Å². The van der Waals surface area contributed by atoms with E-state index >= 15 is 0 Å². The highest BCUT2D eigenvalue weighted by Crippen LogP contribution is 2.51. The summed E-state index contributed by atoms with van der Waals surface area (Å²) in [5, 5.41) is 5.62. The molecule has 0 radical (unpaired) electrons. The van der Waals surface area contributed by atoms with E-state index in [4.69, 9.17) is 0 Å². The molecule has 39 heavy (non-hydrogen) atoms. The van der Waals surface area contributed by atoms with Crippen molar-refractivity contribution in [2.75, 3.05) is 0 Å². The highest BCUT2D eigenvalue weighted by Gasteiger charge is 2.36. The zero-order valence-corrected chi connectivity index (χ0v) is 22.8. The van der Waals surface area contributed by atoms with Gasteiger partial charge in [0.2, 0.25) is 0 Å². The van der Waals surface area contributed by atoms with E-state index in [0.29, 0.717) is 11.8 Å². The topological polar surface area (TPSA) is 0 Å². The maximum Gasteiger partial charge on any atom is 0.0164 e. The van der Waals surface area contributed by atoms with Gasteiger partial charge in [0.15, 0.2) is 0 Å². The molecule has 0 amide bonds. The van der Waals surface area contributed by atoms with Crippen molar-refractivity contribution in [2.45, 2.75) is 44.4 Å². The summed E-state index contributed by atoms with van der Waals surface area (Å²) < 4.78 is 0. The summed E-state index contributed by atoms with van der Waals surface area (Å²) in [5.41, 5.74) is 12.7. The summed E-state index contributed by atoms with van der Waals surface area (Å²) in [7, 11) is 0. The summed E-state index contributed by atoms with van der Waals surface area (Å²) >= 11 is 0. The summed E-state index contributed by atoms with van der Waals surface area (Å²) in [6, 6.07) is 43.8. The van der Waals surface area contributed by atoms with Crippen LogP contribution in [-0.2, 0) is 11.8 Å². The van der Waals surface area contributed by atoms with E-state index in [1.165, 1.54) is 71.6 Å². The summed E-state index contributed by atoms with van der Waals surface area (Å²) in [6.45, 7) is 7.01. The van der Waals surface area contributed by atoms with Crippen molar-refractivity contribution in [3.63, 3.8) is 0 Å². The molecule has 2 atom stereocenters. The second-order valence-electron chi connectivity index (χ2n) is 12.2. The quantitative estimate of drug-likeness (QED) is 0.212. The summed E-state index contributed by atoms with van der Waals surface area (Å²) in [6.07, 6.45) is 1.09. The van der Waals surface area contributed by atoms with Crippen molar-refractivity contribution in [1.82, 2.24) is 0 Å². The Labute approximate surface area is 231 Å². The van der Waals surface area contributed by atoms with Gasteiger partial charge in [0.25, 0.3) is 0 Å². The molecule has 0 bridgehead atoms. The molecule has 0 fully saturated rings. The van der Waals surface area contributed by atoms with Crippen LogP contribution in [0.1, 0.15) is 64.6 Å². The van der Waals surface area contributed by atoms with Gasteiger partial charge in [-0.3, -0.25) is 0 Å². The Hall–Kier alpha value is -4.16. The Balaban J connectivity index is 1.21. The molecule has 0 N–H and O–H groups in total. The number of aryl methyl sites for hydroxylation is 1. The van der Waals surface area contributed by atoms with Crippen LogP contribution in [0.5, 0.6) is 0 Å². The molecule has 0 nitrogen and oxygen atoms in total. The molecule has 0 saturated carbocycles. The minimum absolute atomic E-state index is 0.000681. The van der Waals surface area contributed by atoms with Crippen LogP contribution in [-0.4, -0.2) is 0 Å². The molecule has 0 heteroatoms. The van der Waals surface area contributed by atoms with Crippen molar-refractivity contribution in [2.24, 2.45) is 0 Å². The molecular formula is C39H32. The average Bonchev–Trinajstić information content (AvgIpc) is 3.46. The SMILES string of the molecule is Cc1cc2c3c(ccc4cc(-c5ccc(C6Cc7ccccc7C6c6ccccc6)cc5)cc(c43)C2(C)C)c1. The van der Waals surface area contributed by atoms with Crippen molar-refractivity contribution < 1.29 is 0 Å². The maximum absolute atomic E-state index is 2.46. The van der Waals surface area contributed by atoms with Crippen molar-refractivity contribution in [1.29, 1.82) is 0 Å². The summed E-state index contributed by atoms with van der Waals surface area (Å²) in [4.78, 5) is 0. The minimum Gasteiger partial charge on any atom is -0.0622 e. The van der Waals surface area contributed by atoms with E-state index in [2.05, 4.69) is 136 Å². The molecule has 0 saturated heterocycles. The van der Waals surface area contributed by atoms with Gasteiger partial charge in [0, 0.05) is 11.3 Å². The van der Waals surface area contributed by atoms with Gasteiger partial charge in [-0.15, -0.1) is 0 Å². The van der Waals surface area contributed by atoms with E-state index in [9.17, 15) is 0 Å². The van der Waals surface area contributed by atoms with E-state index in [1.54, 1.807) is 0 Å². The molecule has 2 unspecified atom stereocenters. The van der Waals surface area contributed by atoms with Gasteiger partial charge in [-0.1, -0.05) is 123 Å². The average molecular weight is 501 g/mol. The highest BCUT2D eigenvalue weighted by molar-refractivity contribution is 6.15. The monoisotopic (exact) mass is 500 g/mol. The van der Waals surface area contributed by atoms with Crippen molar-refractivity contribution >= 4 is 21.5 Å². The number of rotatable bonds is 3. The van der Waals surface area contributed by atoms with E-state index in [-0.39, 0.29) is 5.41 Å². The normalized spacial score (nSPS) is 18.7. The van der Waals surface area contributed by atoms with Crippen LogP contribution >= 0.6 is 0 Å². The Morgan fingerprint density at radius 3 is 2.03 bits per heavy atom. The first kappa shape index (κ1) is 22.8. The third-order valence-electron chi connectivity index (χ3n) is 9.58. The smallest absolute Gasteiger partial charge is 0.0164 e. The molecule has 0 aromatic heterocycles. The molecule has 8 rings (SSSR count). The van der Waals surface area contributed by atoms with Gasteiger partial charge in [-0.05, 0) is 97.4 Å². The van der Waals surface area contributed by atoms with Crippen LogP contribution in [0.25, 0.3) is 32.7 Å². The third-order valence-corrected chi connectivity index (χ3v) is 9.58. The molecule has 6 aromatic carbocycles. The van der Waals surface area contributed by atoms with Crippen LogP contribution in [0.4, 0.5) is 0 Å². The number of benzene rings is 6. The first-order chi connectivity index (χ1) is 19.0.